The zero-order valence-electron chi connectivity index (χ0n) is 24.0. The molecule has 1 saturated carbocycles. The van der Waals surface area contributed by atoms with Crippen molar-refractivity contribution in [3.8, 4) is 11.4 Å². The monoisotopic (exact) mass is 524 g/mol. The predicted octanol–water partition coefficient (Wildman–Crippen LogP) is 6.71. The van der Waals surface area contributed by atoms with E-state index in [9.17, 15) is 4.79 Å². The van der Waals surface area contributed by atoms with E-state index in [1.165, 1.54) is 12.0 Å². The normalized spacial score (nSPS) is 19.4. The number of rotatable bonds is 8. The molecule has 4 aromatic rings. The number of benzene rings is 3. The summed E-state index contributed by atoms with van der Waals surface area (Å²) in [5.74, 6) is 2.37. The molecule has 0 spiro atoms. The molecule has 3 atom stereocenters. The number of para-hydroxylation sites is 2. The van der Waals surface area contributed by atoms with Crippen LogP contribution in [0.1, 0.15) is 45.6 Å². The standard InChI is InChI=1S/C34H42N3O2/c1-24(2)29-20-15-25(3)21-32(29)39-33(38)23-37-31-14-10-9-13-30(31)36(22-26-11-7-6-8-12-26)34(37)27-16-18-28(19-17-27)35(4)5/h6-14,16-19,24-25,29,32H,15,20-23H2,1-5H3/q+1/t25-,29?,32-/m1/s1. The van der Waals surface area contributed by atoms with Gasteiger partial charge in [0.05, 0.1) is 5.56 Å². The summed E-state index contributed by atoms with van der Waals surface area (Å²) in [6.07, 6.45) is 3.28. The van der Waals surface area contributed by atoms with Crippen LogP contribution in [0.15, 0.2) is 78.9 Å². The number of anilines is 1. The van der Waals surface area contributed by atoms with Crippen LogP contribution in [0.25, 0.3) is 22.4 Å². The average Bonchev–Trinajstić information content (AvgIpc) is 3.21. The number of esters is 1. The van der Waals surface area contributed by atoms with E-state index in [1.54, 1.807) is 0 Å². The summed E-state index contributed by atoms with van der Waals surface area (Å²) in [5.41, 5.74) is 5.57. The van der Waals surface area contributed by atoms with Crippen molar-refractivity contribution >= 4 is 22.7 Å². The molecule has 5 nitrogen and oxygen atoms in total. The third kappa shape index (κ3) is 5.88. The lowest BCUT2D eigenvalue weighted by Gasteiger charge is -2.36. The molecular formula is C34H42N3O2+. The molecule has 1 heterocycles. The molecule has 204 valence electrons. The first-order chi connectivity index (χ1) is 18.8. The molecule has 0 N–H and O–H groups in total. The number of hydrogen-bond acceptors (Lipinski definition) is 3. The summed E-state index contributed by atoms with van der Waals surface area (Å²) in [5, 5.41) is 0. The van der Waals surface area contributed by atoms with Crippen LogP contribution in [0.4, 0.5) is 5.69 Å². The highest BCUT2D eigenvalue weighted by atomic mass is 16.5. The maximum absolute atomic E-state index is 13.6. The van der Waals surface area contributed by atoms with E-state index in [4.69, 9.17) is 4.74 Å². The van der Waals surface area contributed by atoms with Gasteiger partial charge in [-0.05, 0) is 72.6 Å². The maximum Gasteiger partial charge on any atom is 0.348 e. The smallest absolute Gasteiger partial charge is 0.348 e. The Bertz CT molecular complexity index is 1410. The van der Waals surface area contributed by atoms with Crippen LogP contribution in [-0.2, 0) is 22.6 Å². The third-order valence-electron chi connectivity index (χ3n) is 8.33. The number of nitrogens with zero attached hydrogens (tertiary/aromatic N) is 3. The molecule has 0 radical (unpaired) electrons. The molecule has 0 bridgehead atoms. The Morgan fingerprint density at radius 1 is 0.974 bits per heavy atom. The zero-order valence-corrected chi connectivity index (χ0v) is 24.0. The molecule has 0 saturated heterocycles. The van der Waals surface area contributed by atoms with Crippen LogP contribution < -0.4 is 9.47 Å². The first-order valence-corrected chi connectivity index (χ1v) is 14.3. The molecule has 1 aromatic heterocycles. The van der Waals surface area contributed by atoms with Crippen molar-refractivity contribution in [3.05, 3.63) is 84.4 Å². The van der Waals surface area contributed by atoms with Crippen LogP contribution in [0, 0.1) is 17.8 Å². The lowest BCUT2D eigenvalue weighted by Crippen LogP contribution is -2.38. The van der Waals surface area contributed by atoms with Gasteiger partial charge >= 0.3 is 5.97 Å². The van der Waals surface area contributed by atoms with Crippen LogP contribution in [0.5, 0.6) is 0 Å². The molecule has 5 heteroatoms. The Balaban J connectivity index is 1.57. The summed E-state index contributed by atoms with van der Waals surface area (Å²) in [6, 6.07) is 27.5. The van der Waals surface area contributed by atoms with Gasteiger partial charge in [0.25, 0.3) is 5.82 Å². The fraction of sp³-hybridized carbons (Fsp3) is 0.412. The van der Waals surface area contributed by atoms with Gasteiger partial charge < -0.3 is 9.64 Å². The summed E-state index contributed by atoms with van der Waals surface area (Å²) in [7, 11) is 4.10. The van der Waals surface area contributed by atoms with E-state index in [1.807, 2.05) is 26.2 Å². The van der Waals surface area contributed by atoms with E-state index in [-0.39, 0.29) is 18.6 Å². The number of carbonyl (C=O) groups is 1. The number of carbonyl (C=O) groups excluding carboxylic acids is 1. The number of imidazole rings is 1. The van der Waals surface area contributed by atoms with E-state index in [0.29, 0.717) is 24.3 Å². The van der Waals surface area contributed by atoms with Crippen LogP contribution in [0.2, 0.25) is 0 Å². The summed E-state index contributed by atoms with van der Waals surface area (Å²) in [6.45, 7) is 7.68. The van der Waals surface area contributed by atoms with Crippen molar-refractivity contribution in [2.24, 2.45) is 17.8 Å². The minimum absolute atomic E-state index is 0.0117. The van der Waals surface area contributed by atoms with Gasteiger partial charge in [-0.2, -0.15) is 0 Å². The highest BCUT2D eigenvalue weighted by molar-refractivity contribution is 5.80. The molecule has 1 fully saturated rings. The Labute approximate surface area is 233 Å². The van der Waals surface area contributed by atoms with Crippen molar-refractivity contribution in [2.75, 3.05) is 19.0 Å². The second-order valence-electron chi connectivity index (χ2n) is 11.8. The van der Waals surface area contributed by atoms with Crippen molar-refractivity contribution in [1.82, 2.24) is 4.57 Å². The largest absolute Gasteiger partial charge is 0.459 e. The van der Waals surface area contributed by atoms with Gasteiger partial charge in [0.1, 0.15) is 12.6 Å². The lowest BCUT2D eigenvalue weighted by atomic mass is 9.75. The molecule has 1 aliphatic carbocycles. The molecule has 39 heavy (non-hydrogen) atoms. The number of fused-ring (bicyclic) bond motifs is 1. The Hall–Kier alpha value is -3.60. The van der Waals surface area contributed by atoms with Crippen molar-refractivity contribution < 1.29 is 14.1 Å². The first kappa shape index (κ1) is 27.0. The minimum atomic E-state index is -0.154. The third-order valence-corrected chi connectivity index (χ3v) is 8.33. The number of ether oxygens (including phenoxy) is 1. The fourth-order valence-electron chi connectivity index (χ4n) is 6.19. The molecule has 3 aromatic carbocycles. The van der Waals surface area contributed by atoms with Gasteiger partial charge in [0, 0.05) is 19.8 Å². The molecular weight excluding hydrogens is 482 g/mol. The molecule has 0 amide bonds. The van der Waals surface area contributed by atoms with Crippen molar-refractivity contribution in [1.29, 1.82) is 0 Å². The first-order valence-electron chi connectivity index (χ1n) is 14.3. The quantitative estimate of drug-likeness (QED) is 0.190. The molecule has 5 rings (SSSR count). The lowest BCUT2D eigenvalue weighted by molar-refractivity contribution is -0.651. The highest BCUT2D eigenvalue weighted by Crippen LogP contribution is 2.35. The number of hydrogen-bond donors (Lipinski definition) is 0. The molecule has 0 aliphatic heterocycles. The summed E-state index contributed by atoms with van der Waals surface area (Å²) < 4.78 is 10.8. The van der Waals surface area contributed by atoms with Gasteiger partial charge in [-0.15, -0.1) is 0 Å². The summed E-state index contributed by atoms with van der Waals surface area (Å²) >= 11 is 0. The Kier molecular flexibility index (Phi) is 8.06. The summed E-state index contributed by atoms with van der Waals surface area (Å²) in [4.78, 5) is 15.7. The van der Waals surface area contributed by atoms with Gasteiger partial charge in [-0.1, -0.05) is 69.7 Å². The fourth-order valence-corrected chi connectivity index (χ4v) is 6.19. The minimum Gasteiger partial charge on any atom is -0.459 e. The van der Waals surface area contributed by atoms with Crippen LogP contribution in [0.3, 0.4) is 0 Å². The second kappa shape index (κ2) is 11.6. The van der Waals surface area contributed by atoms with Crippen LogP contribution in [-0.4, -0.2) is 30.7 Å². The average molecular weight is 525 g/mol. The van der Waals surface area contributed by atoms with Gasteiger partial charge in [-0.3, -0.25) is 0 Å². The predicted molar refractivity (Wildman–Crippen MR) is 159 cm³/mol. The highest BCUT2D eigenvalue weighted by Gasteiger charge is 2.35. The van der Waals surface area contributed by atoms with E-state index < -0.39 is 0 Å². The molecule has 1 unspecified atom stereocenters. The van der Waals surface area contributed by atoms with Gasteiger partial charge in [0.15, 0.2) is 17.6 Å². The maximum atomic E-state index is 13.6. The SMILES string of the molecule is CC(C)C1CC[C@@H](C)C[C@H]1OC(=O)Cn1c(-c2ccc(N(C)C)cc2)[n+](Cc2ccccc2)c2ccccc21. The number of aromatic nitrogens is 2. The Morgan fingerprint density at radius 2 is 1.67 bits per heavy atom. The van der Waals surface area contributed by atoms with E-state index in [0.717, 1.165) is 41.0 Å². The Morgan fingerprint density at radius 3 is 2.36 bits per heavy atom. The van der Waals surface area contributed by atoms with Crippen LogP contribution >= 0.6 is 0 Å². The van der Waals surface area contributed by atoms with Crippen molar-refractivity contribution in [2.45, 2.75) is 59.2 Å². The van der Waals surface area contributed by atoms with Gasteiger partial charge in [-0.25, -0.2) is 13.9 Å². The van der Waals surface area contributed by atoms with Gasteiger partial charge in [0.2, 0.25) is 0 Å². The van der Waals surface area contributed by atoms with E-state index >= 15 is 0 Å². The molecule has 1 aliphatic rings. The van der Waals surface area contributed by atoms with Crippen molar-refractivity contribution in [3.63, 3.8) is 0 Å². The second-order valence-corrected chi connectivity index (χ2v) is 11.8. The van der Waals surface area contributed by atoms with E-state index in [2.05, 4.69) is 102 Å². The zero-order chi connectivity index (χ0) is 27.5. The topological polar surface area (TPSA) is 38.4 Å².